The Labute approximate surface area is 163 Å². The number of aromatic nitrogens is 7. The maximum atomic E-state index is 4.73. The van der Waals surface area contributed by atoms with E-state index in [0.29, 0.717) is 12.5 Å². The first-order valence-corrected chi connectivity index (χ1v) is 9.78. The number of benzene rings is 1. The van der Waals surface area contributed by atoms with Gasteiger partial charge in [0.15, 0.2) is 5.82 Å². The van der Waals surface area contributed by atoms with Crippen molar-refractivity contribution in [3.8, 4) is 0 Å². The quantitative estimate of drug-likeness (QED) is 0.578. The van der Waals surface area contributed by atoms with E-state index in [2.05, 4.69) is 48.9 Å². The molecule has 0 radical (unpaired) electrons. The van der Waals surface area contributed by atoms with Crippen molar-refractivity contribution in [2.45, 2.75) is 31.8 Å². The molecule has 4 aromatic rings. The van der Waals surface area contributed by atoms with Crippen LogP contribution in [0.15, 0.2) is 42.7 Å². The molecule has 1 fully saturated rings. The third-order valence-electron chi connectivity index (χ3n) is 5.54. The van der Waals surface area contributed by atoms with Gasteiger partial charge in [-0.25, -0.2) is 4.98 Å². The summed E-state index contributed by atoms with van der Waals surface area (Å²) in [5, 5.41) is 13.2. The Bertz CT molecular complexity index is 1030. The first kappa shape index (κ1) is 17.1. The van der Waals surface area contributed by atoms with Crippen LogP contribution in [-0.4, -0.2) is 52.5 Å². The number of fused-ring (bicyclic) bond motifs is 1. The minimum Gasteiger partial charge on any atom is -0.341 e. The number of para-hydroxylation sites is 2. The average Bonchev–Trinajstić information content (AvgIpc) is 3.43. The van der Waals surface area contributed by atoms with Crippen LogP contribution in [0.4, 0.5) is 0 Å². The van der Waals surface area contributed by atoms with Crippen LogP contribution in [0, 0.1) is 0 Å². The molecule has 3 aromatic heterocycles. The third-order valence-corrected chi connectivity index (χ3v) is 5.54. The monoisotopic (exact) mass is 376 g/mol. The van der Waals surface area contributed by atoms with Gasteiger partial charge in [0.1, 0.15) is 18.2 Å². The lowest BCUT2D eigenvalue weighted by atomic mass is 9.97. The number of aromatic amines is 1. The minimum atomic E-state index is 0.391. The van der Waals surface area contributed by atoms with E-state index in [1.54, 1.807) is 6.20 Å². The van der Waals surface area contributed by atoms with E-state index < -0.39 is 0 Å². The van der Waals surface area contributed by atoms with Gasteiger partial charge in [0.25, 0.3) is 0 Å². The van der Waals surface area contributed by atoms with Crippen molar-refractivity contribution >= 4 is 11.0 Å². The van der Waals surface area contributed by atoms with Crippen molar-refractivity contribution in [1.82, 2.24) is 39.4 Å². The molecule has 0 bridgehead atoms. The predicted octanol–water partition coefficient (Wildman–Crippen LogP) is 2.32. The Morgan fingerprint density at radius 3 is 2.93 bits per heavy atom. The summed E-state index contributed by atoms with van der Waals surface area (Å²) in [6.07, 6.45) is 6.04. The SMILES string of the molecule is Cn1c(Cn2cccn2)nnc1C1CCCN(Cc2nc3ccccc3[nH]2)C1. The molecule has 28 heavy (non-hydrogen) atoms. The van der Waals surface area contributed by atoms with Gasteiger partial charge in [-0.15, -0.1) is 10.2 Å². The summed E-state index contributed by atoms with van der Waals surface area (Å²) >= 11 is 0. The first-order chi connectivity index (χ1) is 13.8. The molecule has 5 rings (SSSR count). The van der Waals surface area contributed by atoms with Crippen LogP contribution in [0.25, 0.3) is 11.0 Å². The second kappa shape index (κ2) is 7.20. The fourth-order valence-corrected chi connectivity index (χ4v) is 4.11. The Kier molecular flexibility index (Phi) is 4.40. The molecule has 0 spiro atoms. The van der Waals surface area contributed by atoms with Gasteiger partial charge >= 0.3 is 0 Å². The van der Waals surface area contributed by atoms with Gasteiger partial charge in [0.05, 0.1) is 17.6 Å². The van der Waals surface area contributed by atoms with Crippen molar-refractivity contribution < 1.29 is 0 Å². The smallest absolute Gasteiger partial charge is 0.154 e. The minimum absolute atomic E-state index is 0.391. The highest BCUT2D eigenvalue weighted by atomic mass is 15.3. The number of piperidine rings is 1. The highest BCUT2D eigenvalue weighted by molar-refractivity contribution is 5.74. The lowest BCUT2D eigenvalue weighted by Crippen LogP contribution is -2.35. The number of rotatable bonds is 5. The van der Waals surface area contributed by atoms with Crippen molar-refractivity contribution in [2.24, 2.45) is 7.05 Å². The highest BCUT2D eigenvalue weighted by Gasteiger charge is 2.26. The highest BCUT2D eigenvalue weighted by Crippen LogP contribution is 2.27. The van der Waals surface area contributed by atoms with E-state index in [1.807, 2.05) is 29.1 Å². The fourth-order valence-electron chi connectivity index (χ4n) is 4.11. The second-order valence-electron chi connectivity index (χ2n) is 7.51. The third kappa shape index (κ3) is 3.31. The molecule has 1 unspecified atom stereocenters. The van der Waals surface area contributed by atoms with Gasteiger partial charge in [-0.3, -0.25) is 9.58 Å². The molecule has 1 aromatic carbocycles. The molecule has 144 valence electrons. The summed E-state index contributed by atoms with van der Waals surface area (Å²) in [5.41, 5.74) is 2.13. The fraction of sp³-hybridized carbons (Fsp3) is 0.400. The lowest BCUT2D eigenvalue weighted by molar-refractivity contribution is 0.191. The molecule has 8 nitrogen and oxygen atoms in total. The number of likely N-dealkylation sites (tertiary alicyclic amines) is 1. The molecule has 1 aliphatic heterocycles. The van der Waals surface area contributed by atoms with Crippen LogP contribution < -0.4 is 0 Å². The van der Waals surface area contributed by atoms with Crippen molar-refractivity contribution in [3.05, 3.63) is 60.2 Å². The van der Waals surface area contributed by atoms with Crippen molar-refractivity contribution in [2.75, 3.05) is 13.1 Å². The summed E-state index contributed by atoms with van der Waals surface area (Å²) in [7, 11) is 2.06. The van der Waals surface area contributed by atoms with E-state index in [4.69, 9.17) is 4.98 Å². The van der Waals surface area contributed by atoms with Crippen LogP contribution in [-0.2, 0) is 20.1 Å². The molecule has 1 atom stereocenters. The molecule has 1 saturated heterocycles. The van der Waals surface area contributed by atoms with Crippen LogP contribution in [0.5, 0.6) is 0 Å². The standard InChI is InChI=1S/C20H24N8/c1-26-19(14-28-11-5-9-21-28)24-25-20(26)15-6-4-10-27(12-15)13-18-22-16-7-2-3-8-17(16)23-18/h2-3,5,7-9,11,15H,4,6,10,12-14H2,1H3,(H,22,23). The predicted molar refractivity (Wildman–Crippen MR) is 106 cm³/mol. The van der Waals surface area contributed by atoms with E-state index >= 15 is 0 Å². The number of nitrogens with zero attached hydrogens (tertiary/aromatic N) is 7. The molecular formula is C20H24N8. The van der Waals surface area contributed by atoms with Crippen LogP contribution in [0.1, 0.15) is 36.2 Å². The zero-order valence-electron chi connectivity index (χ0n) is 16.0. The summed E-state index contributed by atoms with van der Waals surface area (Å²) in [6, 6.07) is 10.1. The number of hydrogen-bond acceptors (Lipinski definition) is 5. The van der Waals surface area contributed by atoms with Gasteiger partial charge in [-0.05, 0) is 37.6 Å². The first-order valence-electron chi connectivity index (χ1n) is 9.78. The maximum Gasteiger partial charge on any atom is 0.154 e. The summed E-state index contributed by atoms with van der Waals surface area (Å²) in [5.74, 6) is 3.42. The van der Waals surface area contributed by atoms with Gasteiger partial charge in [0.2, 0.25) is 0 Å². The average molecular weight is 376 g/mol. The molecule has 1 aliphatic rings. The van der Waals surface area contributed by atoms with Crippen molar-refractivity contribution in [1.29, 1.82) is 0 Å². The van der Waals surface area contributed by atoms with E-state index in [1.165, 1.54) is 0 Å². The topological polar surface area (TPSA) is 80.4 Å². The van der Waals surface area contributed by atoms with Gasteiger partial charge < -0.3 is 9.55 Å². The largest absolute Gasteiger partial charge is 0.341 e. The molecule has 0 amide bonds. The van der Waals surface area contributed by atoms with Gasteiger partial charge in [-0.1, -0.05) is 12.1 Å². The molecular weight excluding hydrogens is 352 g/mol. The molecule has 1 N–H and O–H groups in total. The molecule has 0 saturated carbocycles. The summed E-state index contributed by atoms with van der Waals surface area (Å²) in [4.78, 5) is 10.6. The molecule has 4 heterocycles. The summed E-state index contributed by atoms with van der Waals surface area (Å²) in [6.45, 7) is 3.55. The van der Waals surface area contributed by atoms with E-state index in [0.717, 1.165) is 61.0 Å². The molecule has 0 aliphatic carbocycles. The van der Waals surface area contributed by atoms with Gasteiger partial charge in [-0.2, -0.15) is 5.10 Å². The normalized spacial score (nSPS) is 18.1. The Hall–Kier alpha value is -3.00. The van der Waals surface area contributed by atoms with Crippen LogP contribution >= 0.6 is 0 Å². The second-order valence-corrected chi connectivity index (χ2v) is 7.51. The van der Waals surface area contributed by atoms with Crippen LogP contribution in [0.2, 0.25) is 0 Å². The van der Waals surface area contributed by atoms with E-state index in [9.17, 15) is 0 Å². The Morgan fingerprint density at radius 1 is 1.14 bits per heavy atom. The Morgan fingerprint density at radius 2 is 2.07 bits per heavy atom. The maximum absolute atomic E-state index is 4.73. The number of H-pyrrole nitrogens is 1. The Balaban J connectivity index is 1.29. The number of nitrogens with one attached hydrogen (secondary N) is 1. The lowest BCUT2D eigenvalue weighted by Gasteiger charge is -2.31. The molecule has 8 heteroatoms. The number of imidazole rings is 1. The van der Waals surface area contributed by atoms with Crippen molar-refractivity contribution in [3.63, 3.8) is 0 Å². The zero-order valence-corrected chi connectivity index (χ0v) is 16.0. The van der Waals surface area contributed by atoms with E-state index in [-0.39, 0.29) is 0 Å². The number of hydrogen-bond donors (Lipinski definition) is 1. The van der Waals surface area contributed by atoms with Gasteiger partial charge in [0, 0.05) is 31.9 Å². The van der Waals surface area contributed by atoms with Crippen LogP contribution in [0.3, 0.4) is 0 Å². The zero-order chi connectivity index (χ0) is 18.9. The summed E-state index contributed by atoms with van der Waals surface area (Å²) < 4.78 is 4.01.